The van der Waals surface area contributed by atoms with Crippen LogP contribution in [0.15, 0.2) is 23.1 Å². The largest absolute Gasteiger partial charge is 0.478 e. The van der Waals surface area contributed by atoms with Gasteiger partial charge in [0.1, 0.15) is 0 Å². The molecule has 0 heterocycles. The average Bonchev–Trinajstić information content (AvgIpc) is 2.20. The first-order valence-corrected chi connectivity index (χ1v) is 6.30. The fraction of sp³-hybridized carbons (Fsp3) is 0.462. The molecule has 0 saturated carbocycles. The molecule has 1 aromatic carbocycles. The summed E-state index contributed by atoms with van der Waals surface area (Å²) in [5, 5.41) is 9.55. The van der Waals surface area contributed by atoms with E-state index >= 15 is 0 Å². The molecule has 0 aliphatic carbocycles. The number of carbonyl (C=O) groups is 1. The summed E-state index contributed by atoms with van der Waals surface area (Å²) in [6.45, 7) is 8.33. The lowest BCUT2D eigenvalue weighted by Gasteiger charge is -2.16. The quantitative estimate of drug-likeness (QED) is 0.810. The Kier molecular flexibility index (Phi) is 4.42. The van der Waals surface area contributed by atoms with E-state index in [0.29, 0.717) is 16.7 Å². The third kappa shape index (κ3) is 3.27. The smallest absolute Gasteiger partial charge is 0.336 e. The van der Waals surface area contributed by atoms with E-state index in [4.69, 9.17) is 5.11 Å². The van der Waals surface area contributed by atoms with E-state index in [-0.39, 0.29) is 0 Å². The van der Waals surface area contributed by atoms with Crippen LogP contribution in [-0.2, 0) is 0 Å². The van der Waals surface area contributed by atoms with E-state index in [1.165, 1.54) is 0 Å². The average molecular weight is 238 g/mol. The third-order valence-electron chi connectivity index (χ3n) is 2.62. The Hall–Kier alpha value is -0.960. The van der Waals surface area contributed by atoms with Gasteiger partial charge in [-0.1, -0.05) is 32.4 Å². The number of carboxylic acids is 1. The van der Waals surface area contributed by atoms with E-state index in [0.717, 1.165) is 10.5 Å². The van der Waals surface area contributed by atoms with Crippen LogP contribution in [0.4, 0.5) is 0 Å². The molecule has 1 N–H and O–H groups in total. The predicted octanol–water partition coefficient (Wildman–Crippen LogP) is 3.83. The van der Waals surface area contributed by atoms with Gasteiger partial charge in [-0.3, -0.25) is 0 Å². The highest BCUT2D eigenvalue weighted by Crippen LogP contribution is 2.31. The molecule has 0 aliphatic heterocycles. The van der Waals surface area contributed by atoms with Crippen LogP contribution in [0.1, 0.15) is 36.7 Å². The number of thioether (sulfide) groups is 1. The van der Waals surface area contributed by atoms with Gasteiger partial charge in [-0.05, 0) is 25.0 Å². The van der Waals surface area contributed by atoms with Gasteiger partial charge in [0.2, 0.25) is 0 Å². The minimum atomic E-state index is -0.845. The molecule has 0 aliphatic rings. The summed E-state index contributed by atoms with van der Waals surface area (Å²) in [5.41, 5.74) is 1.40. The van der Waals surface area contributed by atoms with Crippen LogP contribution in [0.3, 0.4) is 0 Å². The van der Waals surface area contributed by atoms with Crippen molar-refractivity contribution in [2.45, 2.75) is 37.8 Å². The molecule has 0 aromatic heterocycles. The number of rotatable bonds is 4. The Labute approximate surface area is 101 Å². The van der Waals surface area contributed by atoms with Gasteiger partial charge >= 0.3 is 5.97 Å². The Morgan fingerprint density at radius 3 is 2.44 bits per heavy atom. The number of hydrogen-bond donors (Lipinski definition) is 1. The molecule has 1 atom stereocenters. The zero-order valence-corrected chi connectivity index (χ0v) is 11.0. The Morgan fingerprint density at radius 1 is 1.31 bits per heavy atom. The summed E-state index contributed by atoms with van der Waals surface area (Å²) >= 11 is 1.63. The molecule has 1 rings (SSSR count). The molecular formula is C13H18O2S. The van der Waals surface area contributed by atoms with Crippen LogP contribution in [0.25, 0.3) is 0 Å². The number of aromatic carboxylic acids is 1. The molecule has 1 aromatic rings. The zero-order valence-electron chi connectivity index (χ0n) is 10.2. The molecular weight excluding hydrogens is 220 g/mol. The summed E-state index contributed by atoms with van der Waals surface area (Å²) in [4.78, 5) is 12.0. The highest BCUT2D eigenvalue weighted by Gasteiger charge is 2.15. The number of aryl methyl sites for hydroxylation is 1. The summed E-state index contributed by atoms with van der Waals surface area (Å²) < 4.78 is 0. The lowest BCUT2D eigenvalue weighted by atomic mass is 10.1. The van der Waals surface area contributed by atoms with Gasteiger partial charge in [-0.15, -0.1) is 11.8 Å². The van der Waals surface area contributed by atoms with Gasteiger partial charge < -0.3 is 5.11 Å². The van der Waals surface area contributed by atoms with Crippen molar-refractivity contribution in [1.29, 1.82) is 0 Å². The second-order valence-corrected chi connectivity index (χ2v) is 5.79. The summed E-state index contributed by atoms with van der Waals surface area (Å²) in [6, 6.07) is 5.60. The highest BCUT2D eigenvalue weighted by atomic mass is 32.2. The van der Waals surface area contributed by atoms with Gasteiger partial charge in [0.15, 0.2) is 0 Å². The normalized spacial score (nSPS) is 12.8. The molecule has 1 unspecified atom stereocenters. The van der Waals surface area contributed by atoms with Crippen molar-refractivity contribution in [1.82, 2.24) is 0 Å². The molecule has 0 amide bonds. The molecule has 0 spiro atoms. The van der Waals surface area contributed by atoms with Crippen molar-refractivity contribution in [3.8, 4) is 0 Å². The molecule has 2 nitrogen and oxygen atoms in total. The van der Waals surface area contributed by atoms with Crippen molar-refractivity contribution in [2.75, 3.05) is 0 Å². The fourth-order valence-electron chi connectivity index (χ4n) is 1.25. The predicted molar refractivity (Wildman–Crippen MR) is 68.3 cm³/mol. The number of carboxylic acid groups (broad SMARTS) is 1. The number of benzene rings is 1. The second-order valence-electron chi connectivity index (χ2n) is 4.37. The second kappa shape index (κ2) is 5.39. The van der Waals surface area contributed by atoms with Crippen LogP contribution < -0.4 is 0 Å². The SMILES string of the molecule is Cc1ccc(SC(C)C(C)C)c(C(=O)O)c1. The first-order chi connectivity index (χ1) is 7.41. The molecule has 0 radical (unpaired) electrons. The Balaban J connectivity index is 2.99. The zero-order chi connectivity index (χ0) is 12.3. The number of hydrogen-bond acceptors (Lipinski definition) is 2. The molecule has 16 heavy (non-hydrogen) atoms. The minimum absolute atomic E-state index is 0.414. The van der Waals surface area contributed by atoms with Crippen LogP contribution in [0, 0.1) is 12.8 Å². The maximum Gasteiger partial charge on any atom is 0.336 e. The van der Waals surface area contributed by atoms with Crippen LogP contribution in [0.2, 0.25) is 0 Å². The van der Waals surface area contributed by atoms with E-state index in [1.54, 1.807) is 17.8 Å². The van der Waals surface area contributed by atoms with Gasteiger partial charge in [0.25, 0.3) is 0 Å². The van der Waals surface area contributed by atoms with E-state index < -0.39 is 5.97 Å². The van der Waals surface area contributed by atoms with Gasteiger partial charge in [-0.25, -0.2) is 4.79 Å². The van der Waals surface area contributed by atoms with E-state index in [9.17, 15) is 4.79 Å². The molecule has 0 fully saturated rings. The molecule has 3 heteroatoms. The summed E-state index contributed by atoms with van der Waals surface area (Å²) in [5.74, 6) is -0.310. The van der Waals surface area contributed by atoms with Crippen molar-refractivity contribution in [2.24, 2.45) is 5.92 Å². The first kappa shape index (κ1) is 13.1. The highest BCUT2D eigenvalue weighted by molar-refractivity contribution is 8.00. The van der Waals surface area contributed by atoms with Gasteiger partial charge in [0, 0.05) is 10.1 Å². The first-order valence-electron chi connectivity index (χ1n) is 5.42. The monoisotopic (exact) mass is 238 g/mol. The summed E-state index contributed by atoms with van der Waals surface area (Å²) in [6.07, 6.45) is 0. The third-order valence-corrected chi connectivity index (χ3v) is 4.14. The van der Waals surface area contributed by atoms with Crippen molar-refractivity contribution >= 4 is 17.7 Å². The van der Waals surface area contributed by atoms with Crippen LogP contribution in [-0.4, -0.2) is 16.3 Å². The molecule has 0 saturated heterocycles. The van der Waals surface area contributed by atoms with Crippen molar-refractivity contribution in [3.63, 3.8) is 0 Å². The van der Waals surface area contributed by atoms with Gasteiger partial charge in [0.05, 0.1) is 5.56 Å². The molecule has 88 valence electrons. The summed E-state index contributed by atoms with van der Waals surface area (Å²) in [7, 11) is 0. The topological polar surface area (TPSA) is 37.3 Å². The lowest BCUT2D eigenvalue weighted by Crippen LogP contribution is -2.07. The molecule has 0 bridgehead atoms. The Bertz CT molecular complexity index is 386. The van der Waals surface area contributed by atoms with Crippen LogP contribution in [0.5, 0.6) is 0 Å². The van der Waals surface area contributed by atoms with E-state index in [1.807, 2.05) is 19.1 Å². The standard InChI is InChI=1S/C13H18O2S/c1-8(2)10(4)16-12-6-5-9(3)7-11(12)13(14)15/h5-8,10H,1-4H3,(H,14,15). The maximum atomic E-state index is 11.1. The van der Waals surface area contributed by atoms with Crippen molar-refractivity contribution < 1.29 is 9.90 Å². The minimum Gasteiger partial charge on any atom is -0.478 e. The van der Waals surface area contributed by atoms with Crippen LogP contribution >= 0.6 is 11.8 Å². The lowest BCUT2D eigenvalue weighted by molar-refractivity contribution is 0.0693. The maximum absolute atomic E-state index is 11.1. The fourth-order valence-corrected chi connectivity index (χ4v) is 2.34. The van der Waals surface area contributed by atoms with Crippen molar-refractivity contribution in [3.05, 3.63) is 29.3 Å². The Morgan fingerprint density at radius 2 is 1.94 bits per heavy atom. The van der Waals surface area contributed by atoms with Gasteiger partial charge in [-0.2, -0.15) is 0 Å². The van der Waals surface area contributed by atoms with E-state index in [2.05, 4.69) is 20.8 Å².